The fraction of sp³-hybridized carbons (Fsp3) is 0.346. The summed E-state index contributed by atoms with van der Waals surface area (Å²) in [5, 5.41) is 3.06. The first-order valence-corrected chi connectivity index (χ1v) is 11.0. The van der Waals surface area contributed by atoms with Crippen LogP contribution in [0, 0.1) is 17.8 Å². The summed E-state index contributed by atoms with van der Waals surface area (Å²) < 4.78 is 0. The quantitative estimate of drug-likeness (QED) is 0.564. The Balaban J connectivity index is 1.55. The van der Waals surface area contributed by atoms with E-state index >= 15 is 0 Å². The first-order valence-electron chi connectivity index (χ1n) is 11.0. The van der Waals surface area contributed by atoms with Gasteiger partial charge in [0.05, 0.1) is 17.5 Å². The average molecular weight is 417 g/mol. The van der Waals surface area contributed by atoms with E-state index in [1.54, 1.807) is 24.3 Å². The normalized spacial score (nSPS) is 22.5. The van der Waals surface area contributed by atoms with E-state index in [0.717, 1.165) is 29.7 Å². The van der Waals surface area contributed by atoms with Crippen molar-refractivity contribution in [3.05, 3.63) is 71.3 Å². The standard InChI is InChI=1S/C26H28N2O3/c1-4-17-9-7-10-18(5-2)23(17)27-24(29)19-12-14-20(15-13-19)28-25(30)21-11-6-8-16(3)22(21)26(28)31/h6-10,12-16,21-22H,4-5,11H2,1-3H3,(H,27,29)/t16-,21-,22+/m1/s1. The van der Waals surface area contributed by atoms with Crippen molar-refractivity contribution in [3.63, 3.8) is 0 Å². The van der Waals surface area contributed by atoms with Crippen LogP contribution >= 0.6 is 0 Å². The van der Waals surface area contributed by atoms with E-state index in [1.807, 2.05) is 37.3 Å². The maximum absolute atomic E-state index is 13.0. The molecule has 1 N–H and O–H groups in total. The molecule has 0 radical (unpaired) electrons. The van der Waals surface area contributed by atoms with Gasteiger partial charge in [-0.25, -0.2) is 0 Å². The SMILES string of the molecule is CCc1cccc(CC)c1NC(=O)c1ccc(N2C(=O)[C@H]3[C@H](C)C=CC[C@H]3C2=O)cc1. The molecule has 0 spiro atoms. The number of hydrogen-bond donors (Lipinski definition) is 1. The zero-order valence-corrected chi connectivity index (χ0v) is 18.2. The van der Waals surface area contributed by atoms with Crippen LogP contribution in [0.25, 0.3) is 0 Å². The lowest BCUT2D eigenvalue weighted by Crippen LogP contribution is -2.31. The fourth-order valence-electron chi connectivity index (χ4n) is 4.75. The highest BCUT2D eigenvalue weighted by Gasteiger charge is 2.50. The highest BCUT2D eigenvalue weighted by molar-refractivity contribution is 6.22. The second-order valence-corrected chi connectivity index (χ2v) is 8.33. The van der Waals surface area contributed by atoms with Gasteiger partial charge in [-0.2, -0.15) is 0 Å². The summed E-state index contributed by atoms with van der Waals surface area (Å²) in [5.74, 6) is -1.02. The zero-order chi connectivity index (χ0) is 22.1. The van der Waals surface area contributed by atoms with Crippen LogP contribution in [-0.2, 0) is 22.4 Å². The van der Waals surface area contributed by atoms with Crippen molar-refractivity contribution in [1.29, 1.82) is 0 Å². The molecule has 2 aromatic carbocycles. The second kappa shape index (κ2) is 8.50. The predicted octanol–water partition coefficient (Wildman–Crippen LogP) is 4.77. The lowest BCUT2D eigenvalue weighted by atomic mass is 9.78. The van der Waals surface area contributed by atoms with Crippen LogP contribution in [0.5, 0.6) is 0 Å². The number of anilines is 2. The molecular weight excluding hydrogens is 388 g/mol. The number of fused-ring (bicyclic) bond motifs is 1. The Hall–Kier alpha value is -3.21. The molecule has 0 aromatic heterocycles. The van der Waals surface area contributed by atoms with Gasteiger partial charge < -0.3 is 5.32 Å². The average Bonchev–Trinajstić information content (AvgIpc) is 3.05. The van der Waals surface area contributed by atoms with Crippen molar-refractivity contribution in [2.45, 2.75) is 40.0 Å². The Morgan fingerprint density at radius 3 is 2.23 bits per heavy atom. The van der Waals surface area contributed by atoms with Crippen molar-refractivity contribution in [3.8, 4) is 0 Å². The van der Waals surface area contributed by atoms with Gasteiger partial charge in [-0.1, -0.05) is 51.1 Å². The smallest absolute Gasteiger partial charge is 0.255 e. The second-order valence-electron chi connectivity index (χ2n) is 8.33. The number of rotatable bonds is 5. The topological polar surface area (TPSA) is 66.5 Å². The predicted molar refractivity (Wildman–Crippen MR) is 122 cm³/mol. The number of carbonyl (C=O) groups is 3. The van der Waals surface area contributed by atoms with Crippen LogP contribution < -0.4 is 10.2 Å². The van der Waals surface area contributed by atoms with E-state index in [2.05, 4.69) is 19.2 Å². The number of hydrogen-bond acceptors (Lipinski definition) is 3. The van der Waals surface area contributed by atoms with Gasteiger partial charge in [-0.05, 0) is 60.6 Å². The minimum atomic E-state index is -0.293. The van der Waals surface area contributed by atoms with Gasteiger partial charge in [0.2, 0.25) is 11.8 Å². The number of imide groups is 1. The molecular formula is C26H28N2O3. The number of amides is 3. The molecule has 0 saturated carbocycles. The molecule has 5 heteroatoms. The molecule has 1 saturated heterocycles. The molecule has 4 rings (SSSR count). The molecule has 1 fully saturated rings. The number of nitrogens with zero attached hydrogens (tertiary/aromatic N) is 1. The van der Waals surface area contributed by atoms with E-state index in [-0.39, 0.29) is 35.5 Å². The van der Waals surface area contributed by atoms with Gasteiger partial charge in [0.1, 0.15) is 0 Å². The Labute approximate surface area is 183 Å². The maximum atomic E-state index is 13.0. The summed E-state index contributed by atoms with van der Waals surface area (Å²) in [4.78, 5) is 40.0. The summed E-state index contributed by atoms with van der Waals surface area (Å²) in [6, 6.07) is 12.8. The molecule has 1 aliphatic heterocycles. The third kappa shape index (κ3) is 3.69. The Kier molecular flexibility index (Phi) is 5.77. The lowest BCUT2D eigenvalue weighted by Gasteiger charge is -2.22. The van der Waals surface area contributed by atoms with Crippen LogP contribution in [0.3, 0.4) is 0 Å². The van der Waals surface area contributed by atoms with E-state index in [4.69, 9.17) is 0 Å². The van der Waals surface area contributed by atoms with Gasteiger partial charge in [-0.3, -0.25) is 19.3 Å². The zero-order valence-electron chi connectivity index (χ0n) is 18.2. The molecule has 1 aliphatic carbocycles. The molecule has 31 heavy (non-hydrogen) atoms. The summed E-state index contributed by atoms with van der Waals surface area (Å²) in [7, 11) is 0. The summed E-state index contributed by atoms with van der Waals surface area (Å²) >= 11 is 0. The summed E-state index contributed by atoms with van der Waals surface area (Å²) in [6.45, 7) is 6.11. The Morgan fingerprint density at radius 1 is 1.00 bits per heavy atom. The van der Waals surface area contributed by atoms with Crippen molar-refractivity contribution in [2.24, 2.45) is 17.8 Å². The summed E-state index contributed by atoms with van der Waals surface area (Å²) in [5.41, 5.74) is 4.09. The number of carbonyl (C=O) groups excluding carboxylic acids is 3. The summed E-state index contributed by atoms with van der Waals surface area (Å²) in [6.07, 6.45) is 6.27. The third-order valence-electron chi connectivity index (χ3n) is 6.50. The number of nitrogens with one attached hydrogen (secondary N) is 1. The van der Waals surface area contributed by atoms with E-state index in [9.17, 15) is 14.4 Å². The molecule has 0 bridgehead atoms. The van der Waals surface area contributed by atoms with Crippen molar-refractivity contribution in [1.82, 2.24) is 0 Å². The van der Waals surface area contributed by atoms with Gasteiger partial charge >= 0.3 is 0 Å². The number of benzene rings is 2. The Bertz CT molecular complexity index is 1030. The number of allylic oxidation sites excluding steroid dienone is 2. The van der Waals surface area contributed by atoms with Gasteiger partial charge in [-0.15, -0.1) is 0 Å². The molecule has 3 atom stereocenters. The largest absolute Gasteiger partial charge is 0.321 e. The van der Waals surface area contributed by atoms with Crippen LogP contribution in [0.2, 0.25) is 0 Å². The monoisotopic (exact) mass is 416 g/mol. The lowest BCUT2D eigenvalue weighted by molar-refractivity contribution is -0.122. The first-order chi connectivity index (χ1) is 15.0. The first kappa shape index (κ1) is 21.0. The molecule has 3 amide bonds. The minimum Gasteiger partial charge on any atom is -0.321 e. The number of aryl methyl sites for hydroxylation is 2. The van der Waals surface area contributed by atoms with Crippen LogP contribution in [0.4, 0.5) is 11.4 Å². The minimum absolute atomic E-state index is 0.0525. The molecule has 2 aliphatic rings. The van der Waals surface area contributed by atoms with Gasteiger partial charge in [0.25, 0.3) is 5.91 Å². The van der Waals surface area contributed by atoms with Crippen molar-refractivity contribution in [2.75, 3.05) is 10.2 Å². The molecule has 5 nitrogen and oxygen atoms in total. The maximum Gasteiger partial charge on any atom is 0.255 e. The van der Waals surface area contributed by atoms with E-state index in [1.165, 1.54) is 4.90 Å². The van der Waals surface area contributed by atoms with Gasteiger partial charge in [0.15, 0.2) is 0 Å². The molecule has 0 unspecified atom stereocenters. The molecule has 2 aromatic rings. The Morgan fingerprint density at radius 2 is 1.65 bits per heavy atom. The highest BCUT2D eigenvalue weighted by atomic mass is 16.2. The molecule has 1 heterocycles. The third-order valence-corrected chi connectivity index (χ3v) is 6.50. The number of para-hydroxylation sites is 1. The highest BCUT2D eigenvalue weighted by Crippen LogP contribution is 2.40. The van der Waals surface area contributed by atoms with Gasteiger partial charge in [0, 0.05) is 11.3 Å². The van der Waals surface area contributed by atoms with Crippen LogP contribution in [-0.4, -0.2) is 17.7 Å². The van der Waals surface area contributed by atoms with Crippen LogP contribution in [0.15, 0.2) is 54.6 Å². The van der Waals surface area contributed by atoms with Crippen LogP contribution in [0.1, 0.15) is 48.7 Å². The van der Waals surface area contributed by atoms with Crippen molar-refractivity contribution >= 4 is 29.1 Å². The van der Waals surface area contributed by atoms with Crippen molar-refractivity contribution < 1.29 is 14.4 Å². The molecule has 160 valence electrons. The van der Waals surface area contributed by atoms with E-state index in [0.29, 0.717) is 17.7 Å². The fourth-order valence-corrected chi connectivity index (χ4v) is 4.75. The van der Waals surface area contributed by atoms with E-state index < -0.39 is 0 Å².